The molecule has 6 nitrogen and oxygen atoms in total. The summed E-state index contributed by atoms with van der Waals surface area (Å²) in [4.78, 5) is 23.1. The molecule has 0 aliphatic carbocycles. The average Bonchev–Trinajstić information content (AvgIpc) is 2.35. The Balaban J connectivity index is 4.28. The minimum atomic E-state index is -0.520. The number of alkyl carbamates (subject to hydrolysis) is 1. The lowest BCUT2D eigenvalue weighted by molar-refractivity contribution is -0.143. The van der Waals surface area contributed by atoms with Crippen LogP contribution >= 0.6 is 0 Å². The molecular formula is C14H28N2O4. The second-order valence-electron chi connectivity index (χ2n) is 5.64. The molecule has 0 aromatic rings. The molecule has 20 heavy (non-hydrogen) atoms. The highest BCUT2D eigenvalue weighted by atomic mass is 16.6. The molecule has 0 saturated carbocycles. The maximum Gasteiger partial charge on any atom is 0.407 e. The fourth-order valence-corrected chi connectivity index (χ4v) is 1.59. The number of hydrogen-bond donors (Lipinski definition) is 2. The van der Waals surface area contributed by atoms with E-state index >= 15 is 0 Å². The van der Waals surface area contributed by atoms with Gasteiger partial charge >= 0.3 is 12.1 Å². The summed E-state index contributed by atoms with van der Waals surface area (Å²) < 4.78 is 9.90. The van der Waals surface area contributed by atoms with Crippen molar-refractivity contribution >= 4 is 12.1 Å². The van der Waals surface area contributed by atoms with E-state index < -0.39 is 11.7 Å². The van der Waals surface area contributed by atoms with Crippen molar-refractivity contribution in [2.24, 2.45) is 0 Å². The van der Waals surface area contributed by atoms with Gasteiger partial charge in [-0.25, -0.2) is 4.79 Å². The quantitative estimate of drug-likeness (QED) is 0.699. The van der Waals surface area contributed by atoms with Crippen LogP contribution in [0.4, 0.5) is 4.79 Å². The third kappa shape index (κ3) is 7.99. The van der Waals surface area contributed by atoms with Gasteiger partial charge in [0.15, 0.2) is 0 Å². The fourth-order valence-electron chi connectivity index (χ4n) is 1.59. The monoisotopic (exact) mass is 288 g/mol. The number of esters is 1. The molecule has 0 aromatic heterocycles. The molecular weight excluding hydrogens is 260 g/mol. The summed E-state index contributed by atoms with van der Waals surface area (Å²) >= 11 is 0. The number of hydrogen-bond acceptors (Lipinski definition) is 5. The topological polar surface area (TPSA) is 76.7 Å². The van der Waals surface area contributed by atoms with Gasteiger partial charge in [0.1, 0.15) is 11.6 Å². The van der Waals surface area contributed by atoms with Crippen LogP contribution in [0.25, 0.3) is 0 Å². The molecule has 0 aliphatic rings. The van der Waals surface area contributed by atoms with Crippen LogP contribution in [0.1, 0.15) is 47.5 Å². The Labute approximate surface area is 121 Å². The third-order valence-electron chi connectivity index (χ3n) is 2.72. The molecule has 6 heteroatoms. The highest BCUT2D eigenvalue weighted by Gasteiger charge is 2.21. The highest BCUT2D eigenvalue weighted by molar-refractivity contribution is 5.75. The lowest BCUT2D eigenvalue weighted by Crippen LogP contribution is -2.48. The molecule has 1 amide bonds. The molecule has 0 aliphatic heterocycles. The van der Waals surface area contributed by atoms with Crippen LogP contribution in [0.15, 0.2) is 0 Å². The van der Waals surface area contributed by atoms with Crippen LogP contribution in [0.3, 0.4) is 0 Å². The third-order valence-corrected chi connectivity index (χ3v) is 2.72. The van der Waals surface area contributed by atoms with Gasteiger partial charge < -0.3 is 20.1 Å². The Bertz CT molecular complexity index is 313. The van der Waals surface area contributed by atoms with Crippen molar-refractivity contribution in [3.63, 3.8) is 0 Å². The van der Waals surface area contributed by atoms with Gasteiger partial charge in [0.25, 0.3) is 0 Å². The van der Waals surface area contributed by atoms with Crippen molar-refractivity contribution in [1.29, 1.82) is 0 Å². The van der Waals surface area contributed by atoms with Crippen LogP contribution in [-0.4, -0.2) is 43.4 Å². The van der Waals surface area contributed by atoms with E-state index in [0.717, 1.165) is 6.42 Å². The minimum Gasteiger partial charge on any atom is -0.468 e. The number of ether oxygens (including phenoxy) is 2. The van der Waals surface area contributed by atoms with Crippen LogP contribution in [0.2, 0.25) is 0 Å². The first-order chi connectivity index (χ1) is 9.23. The van der Waals surface area contributed by atoms with Gasteiger partial charge in [0, 0.05) is 12.6 Å². The van der Waals surface area contributed by atoms with E-state index in [0.29, 0.717) is 13.0 Å². The molecule has 118 valence electrons. The Morgan fingerprint density at radius 1 is 1.15 bits per heavy atom. The number of nitrogens with one attached hydrogen (secondary N) is 2. The summed E-state index contributed by atoms with van der Waals surface area (Å²) in [5.41, 5.74) is -0.520. The minimum absolute atomic E-state index is 0.0939. The molecule has 0 radical (unpaired) electrons. The summed E-state index contributed by atoms with van der Waals surface area (Å²) in [7, 11) is 1.36. The number of carbonyl (C=O) groups is 2. The zero-order valence-electron chi connectivity index (χ0n) is 13.4. The van der Waals surface area contributed by atoms with Crippen molar-refractivity contribution in [1.82, 2.24) is 10.6 Å². The summed E-state index contributed by atoms with van der Waals surface area (Å²) in [5, 5.41) is 5.88. The molecule has 0 saturated heterocycles. The SMILES string of the molecule is CCC(CNC(CC)C(=O)OC)NC(=O)OC(C)(C)C. The van der Waals surface area contributed by atoms with E-state index in [1.54, 1.807) is 0 Å². The first kappa shape index (κ1) is 18.7. The average molecular weight is 288 g/mol. The molecule has 0 fully saturated rings. The predicted molar refractivity (Wildman–Crippen MR) is 77.5 cm³/mol. The Morgan fingerprint density at radius 3 is 2.15 bits per heavy atom. The van der Waals surface area contributed by atoms with Crippen LogP contribution in [0.5, 0.6) is 0 Å². The van der Waals surface area contributed by atoms with Gasteiger partial charge in [-0.1, -0.05) is 13.8 Å². The maximum absolute atomic E-state index is 11.7. The molecule has 2 atom stereocenters. The van der Waals surface area contributed by atoms with Gasteiger partial charge in [-0.3, -0.25) is 4.79 Å². The molecule has 2 unspecified atom stereocenters. The fraction of sp³-hybridized carbons (Fsp3) is 0.857. The zero-order chi connectivity index (χ0) is 15.8. The summed E-state index contributed by atoms with van der Waals surface area (Å²) in [5.74, 6) is -0.292. The molecule has 0 heterocycles. The molecule has 0 bridgehead atoms. The maximum atomic E-state index is 11.7. The number of amides is 1. The van der Waals surface area contributed by atoms with Gasteiger partial charge in [-0.2, -0.15) is 0 Å². The van der Waals surface area contributed by atoms with Crippen molar-refractivity contribution in [3.05, 3.63) is 0 Å². The Hall–Kier alpha value is -1.30. The Kier molecular flexibility index (Phi) is 8.22. The first-order valence-electron chi connectivity index (χ1n) is 7.04. The summed E-state index contributed by atoms with van der Waals surface area (Å²) in [6.07, 6.45) is 0.927. The van der Waals surface area contributed by atoms with E-state index in [9.17, 15) is 9.59 Å². The van der Waals surface area contributed by atoms with Crippen LogP contribution < -0.4 is 10.6 Å². The highest BCUT2D eigenvalue weighted by Crippen LogP contribution is 2.07. The Morgan fingerprint density at radius 2 is 1.75 bits per heavy atom. The van der Waals surface area contributed by atoms with E-state index in [2.05, 4.69) is 10.6 Å². The van der Waals surface area contributed by atoms with E-state index in [4.69, 9.17) is 9.47 Å². The molecule has 0 rings (SSSR count). The zero-order valence-corrected chi connectivity index (χ0v) is 13.4. The van der Waals surface area contributed by atoms with Gasteiger partial charge in [-0.15, -0.1) is 0 Å². The number of carbonyl (C=O) groups excluding carboxylic acids is 2. The second kappa shape index (κ2) is 8.79. The summed E-state index contributed by atoms with van der Waals surface area (Å²) in [6, 6.07) is -0.446. The summed E-state index contributed by atoms with van der Waals surface area (Å²) in [6.45, 7) is 9.80. The van der Waals surface area contributed by atoms with Gasteiger partial charge in [0.2, 0.25) is 0 Å². The molecule has 2 N–H and O–H groups in total. The van der Waals surface area contributed by atoms with Crippen LogP contribution in [0, 0.1) is 0 Å². The van der Waals surface area contributed by atoms with Crippen LogP contribution in [-0.2, 0) is 14.3 Å². The number of methoxy groups -OCH3 is 1. The van der Waals surface area contributed by atoms with Gasteiger partial charge in [0.05, 0.1) is 7.11 Å². The lowest BCUT2D eigenvalue weighted by Gasteiger charge is -2.24. The van der Waals surface area contributed by atoms with Gasteiger partial charge in [-0.05, 0) is 33.6 Å². The van der Waals surface area contributed by atoms with Crippen molar-refractivity contribution in [3.8, 4) is 0 Å². The largest absolute Gasteiger partial charge is 0.468 e. The molecule has 0 spiro atoms. The van der Waals surface area contributed by atoms with Crippen molar-refractivity contribution in [2.45, 2.75) is 65.1 Å². The lowest BCUT2D eigenvalue weighted by atomic mass is 10.2. The van der Waals surface area contributed by atoms with Crippen molar-refractivity contribution in [2.75, 3.05) is 13.7 Å². The smallest absolute Gasteiger partial charge is 0.407 e. The molecule has 0 aromatic carbocycles. The van der Waals surface area contributed by atoms with E-state index in [1.807, 2.05) is 34.6 Å². The normalized spacial score (nSPS) is 14.3. The van der Waals surface area contributed by atoms with E-state index in [1.165, 1.54) is 7.11 Å². The first-order valence-corrected chi connectivity index (χ1v) is 7.04. The van der Waals surface area contributed by atoms with E-state index in [-0.39, 0.29) is 18.1 Å². The van der Waals surface area contributed by atoms with Crippen molar-refractivity contribution < 1.29 is 19.1 Å². The number of rotatable bonds is 7. The standard InChI is InChI=1S/C14H28N2O4/c1-7-10(16-13(18)20-14(3,4)5)9-15-11(8-2)12(17)19-6/h10-11,15H,7-9H2,1-6H3,(H,16,18). The predicted octanol–water partition coefficient (Wildman–Crippen LogP) is 1.83. The second-order valence-corrected chi connectivity index (χ2v) is 5.64.